The molecule has 0 saturated heterocycles. The topological polar surface area (TPSA) is 96.0 Å². The van der Waals surface area contributed by atoms with Crippen molar-refractivity contribution in [1.29, 1.82) is 0 Å². The molecule has 39 heavy (non-hydrogen) atoms. The van der Waals surface area contributed by atoms with E-state index in [0.29, 0.717) is 33.6 Å². The third-order valence-corrected chi connectivity index (χ3v) is 8.42. The zero-order valence-corrected chi connectivity index (χ0v) is 24.3. The number of rotatable bonds is 12. The molecular weight excluding hydrogens is 561 g/mol. The fraction of sp³-hybridized carbons (Fsp3) is 0.286. The number of halogens is 2. The van der Waals surface area contributed by atoms with Crippen molar-refractivity contribution in [2.45, 2.75) is 37.8 Å². The summed E-state index contributed by atoms with van der Waals surface area (Å²) in [7, 11) is -2.68. The van der Waals surface area contributed by atoms with Gasteiger partial charge in [-0.05, 0) is 67.4 Å². The first kappa shape index (κ1) is 30.3. The number of carbonyl (C=O) groups excluding carboxylic acids is 2. The van der Waals surface area contributed by atoms with Crippen LogP contribution in [-0.2, 0) is 26.2 Å². The minimum atomic E-state index is -4.17. The molecule has 0 aliphatic heterocycles. The van der Waals surface area contributed by atoms with Gasteiger partial charge in [-0.15, -0.1) is 0 Å². The Kier molecular flexibility index (Phi) is 10.6. The number of amides is 2. The van der Waals surface area contributed by atoms with Gasteiger partial charge in [0, 0.05) is 23.1 Å². The van der Waals surface area contributed by atoms with E-state index in [4.69, 9.17) is 27.9 Å². The average Bonchev–Trinajstić information content (AvgIpc) is 2.94. The predicted molar refractivity (Wildman–Crippen MR) is 154 cm³/mol. The van der Waals surface area contributed by atoms with Crippen LogP contribution in [0.2, 0.25) is 10.0 Å². The molecule has 0 aliphatic carbocycles. The lowest BCUT2D eigenvalue weighted by molar-refractivity contribution is -0.139. The number of para-hydroxylation sites is 1. The molecule has 3 aromatic carbocycles. The maximum absolute atomic E-state index is 13.9. The van der Waals surface area contributed by atoms with E-state index in [1.807, 2.05) is 6.92 Å². The number of nitrogens with one attached hydrogen (secondary N) is 1. The van der Waals surface area contributed by atoms with E-state index in [2.05, 4.69) is 5.32 Å². The zero-order chi connectivity index (χ0) is 28.6. The Hall–Kier alpha value is -3.27. The average molecular weight is 593 g/mol. The number of methoxy groups -OCH3 is 1. The summed E-state index contributed by atoms with van der Waals surface area (Å²) in [5, 5.41) is 3.55. The van der Waals surface area contributed by atoms with Gasteiger partial charge in [0.05, 0.1) is 17.7 Å². The lowest BCUT2D eigenvalue weighted by Gasteiger charge is -2.32. The molecule has 3 aromatic rings. The number of anilines is 1. The number of hydrogen-bond acceptors (Lipinski definition) is 5. The van der Waals surface area contributed by atoms with Gasteiger partial charge in [0.25, 0.3) is 10.0 Å². The number of benzene rings is 3. The number of carbonyl (C=O) groups is 2. The molecule has 0 aromatic heterocycles. The fourth-order valence-electron chi connectivity index (χ4n) is 3.81. The van der Waals surface area contributed by atoms with Crippen LogP contribution in [0.5, 0.6) is 5.75 Å². The number of sulfonamides is 1. The van der Waals surface area contributed by atoms with Crippen molar-refractivity contribution in [1.82, 2.24) is 10.2 Å². The Morgan fingerprint density at radius 1 is 1.00 bits per heavy atom. The Balaban J connectivity index is 2.01. The van der Waals surface area contributed by atoms with E-state index in [9.17, 15) is 18.0 Å². The summed E-state index contributed by atoms with van der Waals surface area (Å²) >= 11 is 12.4. The molecule has 0 aliphatic rings. The highest BCUT2D eigenvalue weighted by Gasteiger charge is 2.32. The third kappa shape index (κ3) is 7.65. The standard InChI is InChI=1S/C28H31Cl2N3O5S/c1-4-16-31-28(35)20(2)32(18-21-10-11-22(29)17-26(21)30)27(34)19-33(23-8-6-5-7-9-23)39(36,37)25-14-12-24(38-3)13-15-25/h5-15,17,20H,4,16,18-19H2,1-3H3,(H,31,35)/t20-/m1/s1. The van der Waals surface area contributed by atoms with Crippen LogP contribution in [0.25, 0.3) is 0 Å². The van der Waals surface area contributed by atoms with E-state index in [1.165, 1.54) is 36.3 Å². The Morgan fingerprint density at radius 3 is 2.26 bits per heavy atom. The maximum atomic E-state index is 13.9. The van der Waals surface area contributed by atoms with Crippen LogP contribution >= 0.6 is 23.2 Å². The van der Waals surface area contributed by atoms with E-state index >= 15 is 0 Å². The van der Waals surface area contributed by atoms with Gasteiger partial charge in [-0.2, -0.15) is 0 Å². The molecule has 8 nitrogen and oxygen atoms in total. The zero-order valence-electron chi connectivity index (χ0n) is 21.9. The lowest BCUT2D eigenvalue weighted by atomic mass is 10.1. The Labute approximate surface area is 239 Å². The molecule has 1 atom stereocenters. The van der Waals surface area contributed by atoms with Gasteiger partial charge in [0.1, 0.15) is 18.3 Å². The van der Waals surface area contributed by atoms with Crippen molar-refractivity contribution in [3.8, 4) is 5.75 Å². The van der Waals surface area contributed by atoms with Crippen LogP contribution in [0.15, 0.2) is 77.7 Å². The van der Waals surface area contributed by atoms with E-state index < -0.39 is 28.5 Å². The largest absolute Gasteiger partial charge is 0.497 e. The third-order valence-electron chi connectivity index (χ3n) is 6.04. The molecule has 0 unspecified atom stereocenters. The first-order chi connectivity index (χ1) is 18.6. The summed E-state index contributed by atoms with van der Waals surface area (Å²) in [5.74, 6) is -0.449. The number of nitrogens with zero attached hydrogens (tertiary/aromatic N) is 2. The van der Waals surface area contributed by atoms with Crippen LogP contribution in [-0.4, -0.2) is 51.4 Å². The van der Waals surface area contributed by atoms with Crippen LogP contribution in [0.3, 0.4) is 0 Å². The highest BCUT2D eigenvalue weighted by atomic mass is 35.5. The van der Waals surface area contributed by atoms with Gasteiger partial charge >= 0.3 is 0 Å². The molecule has 0 spiro atoms. The van der Waals surface area contributed by atoms with Gasteiger partial charge in [0.15, 0.2) is 0 Å². The van der Waals surface area contributed by atoms with Crippen molar-refractivity contribution in [3.63, 3.8) is 0 Å². The molecule has 2 amide bonds. The van der Waals surface area contributed by atoms with Crippen LogP contribution < -0.4 is 14.4 Å². The summed E-state index contributed by atoms with van der Waals surface area (Å²) in [6.45, 7) is 3.38. The van der Waals surface area contributed by atoms with Crippen molar-refractivity contribution in [2.75, 3.05) is 24.5 Å². The van der Waals surface area contributed by atoms with E-state index in [0.717, 1.165) is 10.7 Å². The Morgan fingerprint density at radius 2 is 1.67 bits per heavy atom. The molecule has 11 heteroatoms. The molecular formula is C28H31Cl2N3O5S. The molecule has 0 bridgehead atoms. The maximum Gasteiger partial charge on any atom is 0.264 e. The fourth-order valence-corrected chi connectivity index (χ4v) is 5.69. The first-order valence-electron chi connectivity index (χ1n) is 12.3. The van der Waals surface area contributed by atoms with E-state index in [-0.39, 0.29) is 17.3 Å². The molecule has 0 heterocycles. The molecule has 0 saturated carbocycles. The summed E-state index contributed by atoms with van der Waals surface area (Å²) in [4.78, 5) is 28.1. The lowest BCUT2D eigenvalue weighted by Crippen LogP contribution is -2.51. The smallest absolute Gasteiger partial charge is 0.264 e. The van der Waals surface area contributed by atoms with Crippen molar-refractivity contribution in [3.05, 3.63) is 88.4 Å². The molecule has 3 rings (SSSR count). The van der Waals surface area contributed by atoms with Crippen molar-refractivity contribution < 1.29 is 22.7 Å². The molecule has 0 radical (unpaired) electrons. The van der Waals surface area contributed by atoms with Gasteiger partial charge in [-0.1, -0.05) is 54.4 Å². The van der Waals surface area contributed by atoms with Crippen LogP contribution in [0.1, 0.15) is 25.8 Å². The second-order valence-corrected chi connectivity index (χ2v) is 11.5. The van der Waals surface area contributed by atoms with Crippen LogP contribution in [0, 0.1) is 0 Å². The van der Waals surface area contributed by atoms with Crippen molar-refractivity contribution >= 4 is 50.7 Å². The molecule has 1 N–H and O–H groups in total. The minimum absolute atomic E-state index is 0.0130. The van der Waals surface area contributed by atoms with Gasteiger partial charge in [-0.25, -0.2) is 8.42 Å². The Bertz CT molecular complexity index is 1390. The summed E-state index contributed by atoms with van der Waals surface area (Å²) < 4.78 is 33.7. The highest BCUT2D eigenvalue weighted by Crippen LogP contribution is 2.27. The van der Waals surface area contributed by atoms with Gasteiger partial charge in [0.2, 0.25) is 11.8 Å². The minimum Gasteiger partial charge on any atom is -0.497 e. The first-order valence-corrected chi connectivity index (χ1v) is 14.5. The monoisotopic (exact) mass is 591 g/mol. The summed E-state index contributed by atoms with van der Waals surface area (Å²) in [5.41, 5.74) is 0.864. The molecule has 0 fully saturated rings. The number of hydrogen-bond donors (Lipinski definition) is 1. The normalized spacial score (nSPS) is 11.9. The van der Waals surface area contributed by atoms with Gasteiger partial charge < -0.3 is 15.0 Å². The SMILES string of the molecule is CCCNC(=O)[C@@H](C)N(Cc1ccc(Cl)cc1Cl)C(=O)CN(c1ccccc1)S(=O)(=O)c1ccc(OC)cc1. The quantitative estimate of drug-likeness (QED) is 0.314. The number of ether oxygens (including phenoxy) is 1. The van der Waals surface area contributed by atoms with Crippen molar-refractivity contribution in [2.24, 2.45) is 0 Å². The second kappa shape index (κ2) is 13.7. The van der Waals surface area contributed by atoms with Crippen LogP contribution in [0.4, 0.5) is 5.69 Å². The molecule has 208 valence electrons. The summed E-state index contributed by atoms with van der Waals surface area (Å²) in [6.07, 6.45) is 0.720. The second-order valence-electron chi connectivity index (χ2n) is 8.75. The van der Waals surface area contributed by atoms with Gasteiger partial charge in [-0.3, -0.25) is 13.9 Å². The highest BCUT2D eigenvalue weighted by molar-refractivity contribution is 7.92. The van der Waals surface area contributed by atoms with E-state index in [1.54, 1.807) is 55.5 Å². The predicted octanol–water partition coefficient (Wildman–Crippen LogP) is 5.14. The summed E-state index contributed by atoms with van der Waals surface area (Å²) in [6, 6.07) is 18.2.